The molecule has 0 amide bonds. The van der Waals surface area contributed by atoms with Crippen molar-refractivity contribution in [3.63, 3.8) is 0 Å². The van der Waals surface area contributed by atoms with E-state index in [-0.39, 0.29) is 34.2 Å². The summed E-state index contributed by atoms with van der Waals surface area (Å²) in [5.41, 5.74) is 5.70. The van der Waals surface area contributed by atoms with Crippen LogP contribution in [0.2, 0.25) is 0 Å². The minimum atomic E-state index is -0.905. The number of Topliss-reactive ketones (excluding diaryl/α,β-unsaturated/α-hetero) is 2. The lowest BCUT2D eigenvalue weighted by Gasteiger charge is -2.42. The number of carbonyl (C=O) groups is 2. The molecule has 2 rings (SSSR count). The first-order chi connectivity index (χ1) is 20.5. The minimum Gasteiger partial charge on any atom is -0.385 e. The van der Waals surface area contributed by atoms with Crippen molar-refractivity contribution in [2.45, 2.75) is 94.3 Å². The predicted molar refractivity (Wildman–Crippen MR) is 185 cm³/mol. The molecule has 1 fully saturated rings. The van der Waals surface area contributed by atoms with E-state index in [4.69, 9.17) is 0 Å². The van der Waals surface area contributed by atoms with Crippen molar-refractivity contribution in [2.75, 3.05) is 0 Å². The maximum atomic E-state index is 12.3. The monoisotopic (exact) mass is 598 g/mol. The van der Waals surface area contributed by atoms with Gasteiger partial charge in [-0.05, 0) is 75.4 Å². The molecule has 0 saturated heterocycles. The average molecular weight is 599 g/mol. The fraction of sp³-hybridized carbons (Fsp3) is 0.450. The molecule has 0 radical (unpaired) electrons. The summed E-state index contributed by atoms with van der Waals surface area (Å²) in [4.78, 5) is 24.5. The van der Waals surface area contributed by atoms with Crippen LogP contribution in [0.15, 0.2) is 119 Å². The van der Waals surface area contributed by atoms with Crippen LogP contribution in [0.3, 0.4) is 0 Å². The van der Waals surface area contributed by atoms with Crippen molar-refractivity contribution in [1.82, 2.24) is 0 Å². The van der Waals surface area contributed by atoms with Gasteiger partial charge in [-0.15, -0.1) is 0 Å². The SMILES string of the molecule is CC1=C(/C=C/C(C)=C/C=C/C(C)=C/C=C/C=C(C)/C=C/C=C(C)/C=C/C2C(C)C(=O)[C@@H](O)CC2(C)C)C(C)(C)C[C@H](O)C1=O. The van der Waals surface area contributed by atoms with Gasteiger partial charge in [-0.2, -0.15) is 0 Å². The summed E-state index contributed by atoms with van der Waals surface area (Å²) < 4.78 is 0. The molecule has 0 aromatic rings. The smallest absolute Gasteiger partial charge is 0.187 e. The van der Waals surface area contributed by atoms with Crippen molar-refractivity contribution in [2.24, 2.45) is 22.7 Å². The molecule has 0 heterocycles. The third-order valence-electron chi connectivity index (χ3n) is 8.79. The Morgan fingerprint density at radius 2 is 1.18 bits per heavy atom. The number of ketones is 2. The number of carbonyl (C=O) groups excluding carboxylic acids is 2. The molecule has 0 bridgehead atoms. The molecule has 2 aliphatic rings. The van der Waals surface area contributed by atoms with Crippen LogP contribution in [-0.2, 0) is 9.59 Å². The third-order valence-corrected chi connectivity index (χ3v) is 8.79. The van der Waals surface area contributed by atoms with Crippen LogP contribution in [0.25, 0.3) is 0 Å². The number of hydrogen-bond donors (Lipinski definition) is 2. The molecule has 2 unspecified atom stereocenters. The number of rotatable bonds is 10. The molecule has 4 nitrogen and oxygen atoms in total. The highest BCUT2D eigenvalue weighted by atomic mass is 16.3. The Hall–Kier alpha value is -3.34. The lowest BCUT2D eigenvalue weighted by Crippen LogP contribution is -2.45. The molecule has 0 aromatic carbocycles. The third kappa shape index (κ3) is 10.7. The standard InChI is InChI=1S/C40H54O4/c1-27(17-13-19-29(3)21-23-33-31(5)37(43)35(41)25-39(33,7)8)15-11-12-16-28(2)18-14-20-30(4)22-24-34-32(6)38(44)36(42)26-40(34,9)10/h11-24,31,33,35-36,41-42H,25-26H2,1-10H3/b12-11+,17-13+,18-14+,23-21+,24-22+,27-15+,28-16+,29-19+,30-20+/t31?,33?,35-,36-/m0/s1. The number of aliphatic hydroxyl groups is 2. The van der Waals surface area contributed by atoms with Gasteiger partial charge >= 0.3 is 0 Å². The van der Waals surface area contributed by atoms with Crippen LogP contribution in [-0.4, -0.2) is 34.0 Å². The summed E-state index contributed by atoms with van der Waals surface area (Å²) in [5, 5.41) is 20.1. The van der Waals surface area contributed by atoms with Crippen molar-refractivity contribution >= 4 is 11.6 Å². The second-order valence-electron chi connectivity index (χ2n) is 13.9. The Bertz CT molecular complexity index is 1380. The highest BCUT2D eigenvalue weighted by molar-refractivity contribution is 6.00. The summed E-state index contributed by atoms with van der Waals surface area (Å²) in [5.74, 6) is -0.311. The van der Waals surface area contributed by atoms with Crippen molar-refractivity contribution in [1.29, 1.82) is 0 Å². The van der Waals surface area contributed by atoms with Crippen molar-refractivity contribution < 1.29 is 19.8 Å². The molecule has 0 aliphatic heterocycles. The molecule has 238 valence electrons. The molecule has 0 spiro atoms. The summed E-state index contributed by atoms with van der Waals surface area (Å²) >= 11 is 0. The van der Waals surface area contributed by atoms with Crippen molar-refractivity contribution in [3.8, 4) is 0 Å². The van der Waals surface area contributed by atoms with Gasteiger partial charge in [-0.3, -0.25) is 9.59 Å². The Morgan fingerprint density at radius 1 is 0.705 bits per heavy atom. The van der Waals surface area contributed by atoms with Gasteiger partial charge in [0.05, 0.1) is 0 Å². The largest absolute Gasteiger partial charge is 0.385 e. The molecule has 1 saturated carbocycles. The van der Waals surface area contributed by atoms with Gasteiger partial charge in [0.2, 0.25) is 0 Å². The maximum Gasteiger partial charge on any atom is 0.187 e. The van der Waals surface area contributed by atoms with E-state index in [9.17, 15) is 19.8 Å². The first-order valence-corrected chi connectivity index (χ1v) is 15.7. The first-order valence-electron chi connectivity index (χ1n) is 15.7. The lowest BCUT2D eigenvalue weighted by molar-refractivity contribution is -0.140. The van der Waals surface area contributed by atoms with Crippen LogP contribution in [0, 0.1) is 22.7 Å². The van der Waals surface area contributed by atoms with E-state index in [1.807, 2.05) is 56.4 Å². The molecule has 44 heavy (non-hydrogen) atoms. The number of aliphatic hydroxyl groups excluding tert-OH is 2. The Labute approximate surface area is 266 Å². The average Bonchev–Trinajstić information content (AvgIpc) is 2.92. The zero-order valence-corrected chi connectivity index (χ0v) is 28.5. The molecule has 4 atom stereocenters. The van der Waals surface area contributed by atoms with Crippen LogP contribution in [0.5, 0.6) is 0 Å². The molecule has 4 heteroatoms. The van der Waals surface area contributed by atoms with Gasteiger partial charge in [-0.25, -0.2) is 0 Å². The molecular weight excluding hydrogens is 544 g/mol. The molecule has 0 aromatic heterocycles. The van der Waals surface area contributed by atoms with Crippen LogP contribution < -0.4 is 0 Å². The Kier molecular flexibility index (Phi) is 13.5. The van der Waals surface area contributed by atoms with Crippen LogP contribution in [0.4, 0.5) is 0 Å². The second kappa shape index (κ2) is 16.1. The highest BCUT2D eigenvalue weighted by Gasteiger charge is 2.44. The number of hydrogen-bond acceptors (Lipinski definition) is 4. The molecule has 2 N–H and O–H groups in total. The van der Waals surface area contributed by atoms with Gasteiger partial charge in [0.25, 0.3) is 0 Å². The van der Waals surface area contributed by atoms with E-state index in [2.05, 4.69) is 91.0 Å². The highest BCUT2D eigenvalue weighted by Crippen LogP contribution is 2.43. The van der Waals surface area contributed by atoms with E-state index in [1.54, 1.807) is 6.92 Å². The maximum absolute atomic E-state index is 12.3. The first kappa shape index (κ1) is 36.8. The molecular formula is C40H54O4. The zero-order valence-electron chi connectivity index (χ0n) is 28.5. The van der Waals surface area contributed by atoms with E-state index >= 15 is 0 Å². The van der Waals surface area contributed by atoms with Gasteiger partial charge in [-0.1, -0.05) is 142 Å². The predicted octanol–water partition coefficient (Wildman–Crippen LogP) is 8.84. The van der Waals surface area contributed by atoms with E-state index in [0.717, 1.165) is 27.9 Å². The Balaban J connectivity index is 1.93. The van der Waals surface area contributed by atoms with E-state index < -0.39 is 12.2 Å². The summed E-state index contributed by atoms with van der Waals surface area (Å²) in [6.45, 7) is 20.3. The molecule has 2 aliphatic carbocycles. The van der Waals surface area contributed by atoms with E-state index in [1.165, 1.54) is 0 Å². The van der Waals surface area contributed by atoms with Crippen LogP contribution >= 0.6 is 0 Å². The number of allylic oxidation sites excluding steroid dienone is 19. The van der Waals surface area contributed by atoms with Gasteiger partial charge in [0.15, 0.2) is 11.6 Å². The quantitative estimate of drug-likeness (QED) is 0.246. The summed E-state index contributed by atoms with van der Waals surface area (Å²) in [6.07, 6.45) is 27.9. The van der Waals surface area contributed by atoms with Gasteiger partial charge < -0.3 is 10.2 Å². The van der Waals surface area contributed by atoms with Gasteiger partial charge in [0, 0.05) is 5.92 Å². The topological polar surface area (TPSA) is 74.6 Å². The minimum absolute atomic E-state index is 0.0545. The van der Waals surface area contributed by atoms with E-state index in [0.29, 0.717) is 18.4 Å². The van der Waals surface area contributed by atoms with Crippen molar-refractivity contribution in [3.05, 3.63) is 119 Å². The van der Waals surface area contributed by atoms with Gasteiger partial charge in [0.1, 0.15) is 12.2 Å². The lowest BCUT2D eigenvalue weighted by atomic mass is 9.62. The fourth-order valence-corrected chi connectivity index (χ4v) is 6.06. The normalized spacial score (nSPS) is 27.8. The Morgan fingerprint density at radius 3 is 1.73 bits per heavy atom. The summed E-state index contributed by atoms with van der Waals surface area (Å²) in [7, 11) is 0. The zero-order chi connectivity index (χ0) is 33.2. The summed E-state index contributed by atoms with van der Waals surface area (Å²) in [6, 6.07) is 0. The second-order valence-corrected chi connectivity index (χ2v) is 13.9. The van der Waals surface area contributed by atoms with Crippen LogP contribution in [0.1, 0.15) is 82.1 Å². The fourth-order valence-electron chi connectivity index (χ4n) is 6.06.